The molecule has 15 heteroatoms. The molecule has 3 heterocycles. The standard InChI is InChI=1S/C19H23N9O4S2/c20-2-1-12-9-13-14(32-8-7-31-13)10-15(12)33-19-27-16-17(21)24-11-25-18(16)28(19)6-5-23-3-4-26-34(22,29)30/h9-11,23,26H,1,3-8H2,(H2,21,24,25)(H2,22,29,30). The number of nitrogens with two attached hydrogens (primary N) is 2. The van der Waals surface area contributed by atoms with Crippen molar-refractivity contribution >= 4 is 39.0 Å². The SMILES string of the molecule is N#CCc1cc2c(cc1Sc1nc3c(N)ncnc3n1CCNCCNS(N)(=O)=O)OCCO2. The maximum absolute atomic E-state index is 11.0. The fraction of sp³-hybridized carbons (Fsp3) is 0.368. The maximum atomic E-state index is 11.0. The van der Waals surface area contributed by atoms with Crippen molar-refractivity contribution < 1.29 is 17.9 Å². The number of nitrogens with one attached hydrogen (secondary N) is 2. The lowest BCUT2D eigenvalue weighted by molar-refractivity contribution is 0.171. The molecule has 0 bridgehead atoms. The second-order valence-corrected chi connectivity index (χ2v) is 9.59. The minimum absolute atomic E-state index is 0.162. The molecule has 180 valence electrons. The number of nitrogen functional groups attached to an aromatic ring is 1. The molecular formula is C19H23N9O4S2. The molecular weight excluding hydrogens is 482 g/mol. The summed E-state index contributed by atoms with van der Waals surface area (Å²) < 4.78 is 37.4. The van der Waals surface area contributed by atoms with Gasteiger partial charge in [-0.3, -0.25) is 0 Å². The summed E-state index contributed by atoms with van der Waals surface area (Å²) in [5.41, 5.74) is 7.86. The first-order valence-electron chi connectivity index (χ1n) is 10.3. The molecule has 0 saturated carbocycles. The van der Waals surface area contributed by atoms with Gasteiger partial charge in [-0.2, -0.15) is 13.7 Å². The highest BCUT2D eigenvalue weighted by atomic mass is 32.2. The predicted octanol–water partition coefficient (Wildman–Crippen LogP) is -0.220. The van der Waals surface area contributed by atoms with E-state index in [1.165, 1.54) is 18.1 Å². The summed E-state index contributed by atoms with van der Waals surface area (Å²) in [7, 11) is -3.73. The first kappa shape index (κ1) is 24.0. The zero-order chi connectivity index (χ0) is 24.1. The average molecular weight is 506 g/mol. The van der Waals surface area contributed by atoms with E-state index < -0.39 is 10.2 Å². The summed E-state index contributed by atoms with van der Waals surface area (Å²) in [6, 6.07) is 5.85. The minimum Gasteiger partial charge on any atom is -0.486 e. The molecule has 0 spiro atoms. The van der Waals surface area contributed by atoms with E-state index in [0.717, 1.165) is 10.5 Å². The van der Waals surface area contributed by atoms with Gasteiger partial charge in [0.2, 0.25) is 0 Å². The lowest BCUT2D eigenvalue weighted by Gasteiger charge is -2.20. The van der Waals surface area contributed by atoms with E-state index in [4.69, 9.17) is 20.3 Å². The Kier molecular flexibility index (Phi) is 7.34. The van der Waals surface area contributed by atoms with E-state index in [2.05, 4.69) is 31.1 Å². The van der Waals surface area contributed by atoms with Crippen LogP contribution < -0.4 is 30.4 Å². The summed E-state index contributed by atoms with van der Waals surface area (Å²) in [4.78, 5) is 13.8. The molecule has 1 aliphatic rings. The number of hydrogen-bond acceptors (Lipinski definition) is 11. The molecule has 4 rings (SSSR count). The molecule has 2 aromatic heterocycles. The van der Waals surface area contributed by atoms with Crippen LogP contribution in [0.25, 0.3) is 11.2 Å². The quantitative estimate of drug-likeness (QED) is 0.266. The molecule has 0 radical (unpaired) electrons. The van der Waals surface area contributed by atoms with Gasteiger partial charge in [-0.1, -0.05) is 11.8 Å². The summed E-state index contributed by atoms with van der Waals surface area (Å²) in [6.07, 6.45) is 1.57. The number of nitrogens with zero attached hydrogens (tertiary/aromatic N) is 5. The average Bonchev–Trinajstić information content (AvgIpc) is 3.14. The third-order valence-electron chi connectivity index (χ3n) is 4.84. The summed E-state index contributed by atoms with van der Waals surface area (Å²) in [5.74, 6) is 1.48. The van der Waals surface area contributed by atoms with Crippen LogP contribution >= 0.6 is 11.8 Å². The molecule has 13 nitrogen and oxygen atoms in total. The largest absolute Gasteiger partial charge is 0.486 e. The number of benzene rings is 1. The van der Waals surface area contributed by atoms with E-state index in [9.17, 15) is 13.7 Å². The van der Waals surface area contributed by atoms with Gasteiger partial charge in [-0.15, -0.1) is 0 Å². The summed E-state index contributed by atoms with van der Waals surface area (Å²) in [6.45, 7) is 2.43. The molecule has 6 N–H and O–H groups in total. The Morgan fingerprint density at radius 3 is 2.68 bits per heavy atom. The van der Waals surface area contributed by atoms with Gasteiger partial charge in [0.1, 0.15) is 19.5 Å². The normalized spacial score (nSPS) is 13.2. The van der Waals surface area contributed by atoms with Crippen LogP contribution in [0, 0.1) is 11.3 Å². The summed E-state index contributed by atoms with van der Waals surface area (Å²) >= 11 is 1.37. The van der Waals surface area contributed by atoms with Gasteiger partial charge in [0, 0.05) is 31.1 Å². The van der Waals surface area contributed by atoms with E-state index in [0.29, 0.717) is 60.7 Å². The van der Waals surface area contributed by atoms with Gasteiger partial charge in [-0.25, -0.2) is 24.8 Å². The smallest absolute Gasteiger partial charge is 0.274 e. The molecule has 34 heavy (non-hydrogen) atoms. The third kappa shape index (κ3) is 5.66. The first-order chi connectivity index (χ1) is 16.4. The lowest BCUT2D eigenvalue weighted by Crippen LogP contribution is -2.36. The number of fused-ring (bicyclic) bond motifs is 2. The number of nitriles is 1. The maximum Gasteiger partial charge on any atom is 0.274 e. The Labute approximate surface area is 200 Å². The number of imidazole rings is 1. The number of aromatic nitrogens is 4. The molecule has 0 unspecified atom stereocenters. The van der Waals surface area contributed by atoms with Crippen LogP contribution in [-0.2, 0) is 23.2 Å². The van der Waals surface area contributed by atoms with E-state index in [1.54, 1.807) is 0 Å². The van der Waals surface area contributed by atoms with Crippen LogP contribution in [0.3, 0.4) is 0 Å². The first-order valence-corrected chi connectivity index (χ1v) is 12.6. The van der Waals surface area contributed by atoms with Crippen molar-refractivity contribution in [3.63, 3.8) is 0 Å². The molecule has 0 fully saturated rings. The van der Waals surface area contributed by atoms with Gasteiger partial charge in [0.15, 0.2) is 33.6 Å². The van der Waals surface area contributed by atoms with E-state index in [-0.39, 0.29) is 18.8 Å². The highest BCUT2D eigenvalue weighted by molar-refractivity contribution is 7.99. The Bertz CT molecular complexity index is 1340. The van der Waals surface area contributed by atoms with Crippen LogP contribution in [-0.4, -0.2) is 60.8 Å². The minimum atomic E-state index is -3.73. The monoisotopic (exact) mass is 505 g/mol. The molecule has 0 aliphatic carbocycles. The van der Waals surface area contributed by atoms with Crippen LogP contribution in [0.4, 0.5) is 5.82 Å². The Morgan fingerprint density at radius 1 is 1.18 bits per heavy atom. The topological polar surface area (TPSA) is 196 Å². The van der Waals surface area contributed by atoms with E-state index >= 15 is 0 Å². The van der Waals surface area contributed by atoms with Crippen LogP contribution in [0.1, 0.15) is 5.56 Å². The van der Waals surface area contributed by atoms with Crippen molar-refractivity contribution in [1.29, 1.82) is 5.26 Å². The number of rotatable bonds is 10. The van der Waals surface area contributed by atoms with Gasteiger partial charge in [0.05, 0.1) is 12.5 Å². The van der Waals surface area contributed by atoms with Gasteiger partial charge in [0.25, 0.3) is 10.2 Å². The Morgan fingerprint density at radius 2 is 1.94 bits per heavy atom. The van der Waals surface area contributed by atoms with Crippen LogP contribution in [0.5, 0.6) is 11.5 Å². The van der Waals surface area contributed by atoms with Crippen molar-refractivity contribution in [2.75, 3.05) is 38.6 Å². The second-order valence-electron chi connectivity index (χ2n) is 7.21. The second kappa shape index (κ2) is 10.4. The highest BCUT2D eigenvalue weighted by Crippen LogP contribution is 2.40. The molecule has 0 atom stereocenters. The molecule has 0 amide bonds. The zero-order valence-corrected chi connectivity index (χ0v) is 19.7. The predicted molar refractivity (Wildman–Crippen MR) is 125 cm³/mol. The Hall–Kier alpha value is -3.16. The van der Waals surface area contributed by atoms with Crippen molar-refractivity contribution in [2.24, 2.45) is 5.14 Å². The van der Waals surface area contributed by atoms with E-state index in [1.807, 2.05) is 16.7 Å². The lowest BCUT2D eigenvalue weighted by atomic mass is 10.1. The molecule has 3 aromatic rings. The fourth-order valence-electron chi connectivity index (χ4n) is 3.34. The number of anilines is 1. The van der Waals surface area contributed by atoms with Gasteiger partial charge < -0.3 is 25.1 Å². The Balaban J connectivity index is 1.59. The zero-order valence-electron chi connectivity index (χ0n) is 18.0. The summed E-state index contributed by atoms with van der Waals surface area (Å²) in [5, 5.41) is 18.0. The van der Waals surface area contributed by atoms with Crippen LogP contribution in [0.2, 0.25) is 0 Å². The molecule has 0 saturated heterocycles. The van der Waals surface area contributed by atoms with Gasteiger partial charge in [-0.05, 0) is 17.7 Å². The van der Waals surface area contributed by atoms with Gasteiger partial charge >= 0.3 is 0 Å². The van der Waals surface area contributed by atoms with Crippen molar-refractivity contribution in [3.8, 4) is 17.6 Å². The molecule has 1 aromatic carbocycles. The van der Waals surface area contributed by atoms with Crippen molar-refractivity contribution in [2.45, 2.75) is 23.0 Å². The molecule has 1 aliphatic heterocycles. The fourth-order valence-corrected chi connectivity index (χ4v) is 4.78. The number of ether oxygens (including phenoxy) is 2. The van der Waals surface area contributed by atoms with Crippen molar-refractivity contribution in [1.82, 2.24) is 29.6 Å². The highest BCUT2D eigenvalue weighted by Gasteiger charge is 2.20. The van der Waals surface area contributed by atoms with Crippen molar-refractivity contribution in [3.05, 3.63) is 24.0 Å². The third-order valence-corrected chi connectivity index (χ3v) is 6.54. The number of hydrogen-bond donors (Lipinski definition) is 4. The van der Waals surface area contributed by atoms with Crippen LogP contribution in [0.15, 0.2) is 28.5 Å².